The minimum atomic E-state index is -1.27. The molecule has 0 atom stereocenters. The van der Waals surface area contributed by atoms with Crippen molar-refractivity contribution in [2.45, 2.75) is 6.54 Å². The van der Waals surface area contributed by atoms with Gasteiger partial charge in [0.15, 0.2) is 0 Å². The first kappa shape index (κ1) is 15.2. The minimum absolute atomic E-state index is 0.0498. The van der Waals surface area contributed by atoms with Gasteiger partial charge in [-0.3, -0.25) is 14.9 Å². The molecule has 0 unspecified atom stereocenters. The van der Waals surface area contributed by atoms with Crippen LogP contribution >= 0.6 is 0 Å². The molecule has 112 valence electrons. The molecular weight excluding hydrogens is 288 g/mol. The Morgan fingerprint density at radius 3 is 2.32 bits per heavy atom. The summed E-state index contributed by atoms with van der Waals surface area (Å²) in [5.41, 5.74) is 0.768. The van der Waals surface area contributed by atoms with Gasteiger partial charge >= 0.3 is 0 Å². The lowest BCUT2D eigenvalue weighted by molar-refractivity contribution is -0.384. The van der Waals surface area contributed by atoms with Gasteiger partial charge in [-0.15, -0.1) is 0 Å². The molecule has 0 aromatic heterocycles. The lowest BCUT2D eigenvalue weighted by Crippen LogP contribution is -2.23. The van der Waals surface area contributed by atoms with Crippen LogP contribution in [0, 0.1) is 10.1 Å². The second kappa shape index (κ2) is 6.49. The number of hydrogen-bond acceptors (Lipinski definition) is 5. The van der Waals surface area contributed by atoms with Gasteiger partial charge < -0.3 is 15.2 Å². The predicted molar refractivity (Wildman–Crippen MR) is 75.0 cm³/mol. The van der Waals surface area contributed by atoms with Crippen LogP contribution in [-0.4, -0.2) is 16.8 Å². The van der Waals surface area contributed by atoms with Gasteiger partial charge in [0.25, 0.3) is 11.6 Å². The van der Waals surface area contributed by atoms with Gasteiger partial charge in [-0.2, -0.15) is 0 Å². The second-order valence-corrected chi connectivity index (χ2v) is 4.47. The van der Waals surface area contributed by atoms with Gasteiger partial charge in [-0.05, 0) is 17.2 Å². The van der Waals surface area contributed by atoms with Gasteiger partial charge in [0.2, 0.25) is 0 Å². The fourth-order valence-corrected chi connectivity index (χ4v) is 1.80. The number of carbonyl (C=O) groups is 2. The van der Waals surface area contributed by atoms with E-state index in [1.54, 1.807) is 12.1 Å². The normalized spacial score (nSPS) is 10.0. The van der Waals surface area contributed by atoms with Crippen molar-refractivity contribution in [2.24, 2.45) is 0 Å². The van der Waals surface area contributed by atoms with Crippen molar-refractivity contribution in [2.75, 3.05) is 0 Å². The van der Waals surface area contributed by atoms with Crippen LogP contribution in [0.2, 0.25) is 0 Å². The Kier molecular flexibility index (Phi) is 4.47. The minimum Gasteiger partial charge on any atom is -0.545 e. The molecule has 0 aliphatic rings. The quantitative estimate of drug-likeness (QED) is 0.650. The number of hydrogen-bond donors (Lipinski definition) is 1. The number of nitrogens with zero attached hydrogens (tertiary/aromatic N) is 1. The molecule has 22 heavy (non-hydrogen) atoms. The molecule has 0 radical (unpaired) electrons. The Labute approximate surface area is 125 Å². The number of nitro groups is 1. The number of carboxylic acid groups (broad SMARTS) is 1. The van der Waals surface area contributed by atoms with E-state index in [1.165, 1.54) is 36.4 Å². The summed E-state index contributed by atoms with van der Waals surface area (Å²) >= 11 is 0. The van der Waals surface area contributed by atoms with Gasteiger partial charge in [0, 0.05) is 24.2 Å². The number of nitro benzene ring substituents is 1. The Bertz CT molecular complexity index is 725. The van der Waals surface area contributed by atoms with Crippen LogP contribution in [0.25, 0.3) is 0 Å². The van der Waals surface area contributed by atoms with E-state index in [0.29, 0.717) is 5.56 Å². The maximum Gasteiger partial charge on any atom is 0.270 e. The van der Waals surface area contributed by atoms with E-state index in [9.17, 15) is 24.8 Å². The Balaban J connectivity index is 2.02. The Hall–Kier alpha value is -3.22. The smallest absolute Gasteiger partial charge is 0.270 e. The Morgan fingerprint density at radius 1 is 1.05 bits per heavy atom. The molecule has 0 heterocycles. The largest absolute Gasteiger partial charge is 0.545 e. The zero-order valence-corrected chi connectivity index (χ0v) is 11.3. The molecular formula is C15H11N2O5-. The summed E-state index contributed by atoms with van der Waals surface area (Å²) in [4.78, 5) is 32.6. The SMILES string of the molecule is O=C([O-])c1ccc(CNC(=O)c2cccc([N+](=O)[O-])c2)cc1. The van der Waals surface area contributed by atoms with Gasteiger partial charge in [0.05, 0.1) is 10.9 Å². The number of amides is 1. The first-order valence-electron chi connectivity index (χ1n) is 6.30. The van der Waals surface area contributed by atoms with E-state index in [0.717, 1.165) is 0 Å². The van der Waals surface area contributed by atoms with Crippen LogP contribution in [0.3, 0.4) is 0 Å². The van der Waals surface area contributed by atoms with E-state index >= 15 is 0 Å². The predicted octanol–water partition coefficient (Wildman–Crippen LogP) is 0.888. The van der Waals surface area contributed by atoms with Gasteiger partial charge in [-0.1, -0.05) is 30.3 Å². The highest BCUT2D eigenvalue weighted by molar-refractivity contribution is 5.94. The highest BCUT2D eigenvalue weighted by Crippen LogP contribution is 2.13. The summed E-state index contributed by atoms with van der Waals surface area (Å²) < 4.78 is 0. The van der Waals surface area contributed by atoms with Crippen molar-refractivity contribution in [1.82, 2.24) is 5.32 Å². The molecule has 7 nitrogen and oxygen atoms in total. The molecule has 0 aliphatic heterocycles. The number of carbonyl (C=O) groups excluding carboxylic acids is 2. The zero-order chi connectivity index (χ0) is 16.1. The van der Waals surface area contributed by atoms with Crippen molar-refractivity contribution < 1.29 is 19.6 Å². The first-order chi connectivity index (χ1) is 10.5. The fourth-order valence-electron chi connectivity index (χ4n) is 1.80. The van der Waals surface area contributed by atoms with Crippen LogP contribution in [0.1, 0.15) is 26.3 Å². The number of nitrogens with one attached hydrogen (secondary N) is 1. The first-order valence-corrected chi connectivity index (χ1v) is 6.30. The lowest BCUT2D eigenvalue weighted by atomic mass is 10.1. The van der Waals surface area contributed by atoms with E-state index in [4.69, 9.17) is 0 Å². The lowest BCUT2D eigenvalue weighted by Gasteiger charge is -2.07. The molecule has 2 aromatic carbocycles. The van der Waals surface area contributed by atoms with Crippen LogP contribution < -0.4 is 10.4 Å². The van der Waals surface area contributed by atoms with E-state index in [-0.39, 0.29) is 23.4 Å². The maximum atomic E-state index is 11.9. The summed E-state index contributed by atoms with van der Waals surface area (Å²) in [6, 6.07) is 11.3. The molecule has 0 saturated heterocycles. The van der Waals surface area contributed by atoms with Crippen molar-refractivity contribution in [3.63, 3.8) is 0 Å². The van der Waals surface area contributed by atoms with Crippen LogP contribution in [0.5, 0.6) is 0 Å². The summed E-state index contributed by atoms with van der Waals surface area (Å²) in [7, 11) is 0. The number of rotatable bonds is 5. The molecule has 2 rings (SSSR count). The van der Waals surface area contributed by atoms with E-state index in [1.807, 2.05) is 0 Å². The van der Waals surface area contributed by atoms with Gasteiger partial charge in [0.1, 0.15) is 0 Å². The molecule has 7 heteroatoms. The summed E-state index contributed by atoms with van der Waals surface area (Å²) in [5, 5.41) is 23.9. The molecule has 0 bridgehead atoms. The molecule has 1 N–H and O–H groups in total. The maximum absolute atomic E-state index is 11.9. The van der Waals surface area contributed by atoms with E-state index in [2.05, 4.69) is 5.32 Å². The van der Waals surface area contributed by atoms with Crippen LogP contribution in [0.15, 0.2) is 48.5 Å². The van der Waals surface area contributed by atoms with Crippen molar-refractivity contribution >= 4 is 17.6 Å². The Morgan fingerprint density at radius 2 is 1.73 bits per heavy atom. The van der Waals surface area contributed by atoms with Crippen molar-refractivity contribution in [1.29, 1.82) is 0 Å². The monoisotopic (exact) mass is 299 g/mol. The summed E-state index contributed by atoms with van der Waals surface area (Å²) in [5.74, 6) is -1.72. The molecule has 0 fully saturated rings. The molecule has 1 amide bonds. The average Bonchev–Trinajstić information content (AvgIpc) is 2.53. The molecule has 0 spiro atoms. The van der Waals surface area contributed by atoms with Crippen molar-refractivity contribution in [3.05, 3.63) is 75.3 Å². The fraction of sp³-hybridized carbons (Fsp3) is 0.0667. The summed E-state index contributed by atoms with van der Waals surface area (Å²) in [6.45, 7) is 0.175. The topological polar surface area (TPSA) is 112 Å². The zero-order valence-electron chi connectivity index (χ0n) is 11.3. The molecule has 0 saturated carbocycles. The number of aromatic carboxylic acids is 1. The van der Waals surface area contributed by atoms with Crippen molar-refractivity contribution in [3.8, 4) is 0 Å². The standard InChI is InChI=1S/C15H12N2O5/c18-14(12-2-1-3-13(8-12)17(21)22)16-9-10-4-6-11(7-5-10)15(19)20/h1-8H,9H2,(H,16,18)(H,19,20)/p-1. The highest BCUT2D eigenvalue weighted by atomic mass is 16.6. The van der Waals surface area contributed by atoms with E-state index < -0.39 is 16.8 Å². The second-order valence-electron chi connectivity index (χ2n) is 4.47. The third kappa shape index (κ3) is 3.66. The van der Waals surface area contributed by atoms with Crippen LogP contribution in [0.4, 0.5) is 5.69 Å². The van der Waals surface area contributed by atoms with Gasteiger partial charge in [-0.25, -0.2) is 0 Å². The number of carboxylic acids is 1. The third-order valence-corrected chi connectivity index (χ3v) is 2.96. The number of non-ortho nitro benzene ring substituents is 1. The molecule has 0 aliphatic carbocycles. The average molecular weight is 299 g/mol. The molecule has 2 aromatic rings. The highest BCUT2D eigenvalue weighted by Gasteiger charge is 2.11. The third-order valence-electron chi connectivity index (χ3n) is 2.96. The summed E-state index contributed by atoms with van der Waals surface area (Å²) in [6.07, 6.45) is 0. The number of benzene rings is 2. The van der Waals surface area contributed by atoms with Crippen LogP contribution in [-0.2, 0) is 6.54 Å².